The molecule has 1 unspecified atom stereocenters. The van der Waals surface area contributed by atoms with Gasteiger partial charge in [-0.15, -0.1) is 0 Å². The Balaban J connectivity index is 4.11. The summed E-state index contributed by atoms with van der Waals surface area (Å²) in [5.41, 5.74) is -0.812. The number of hydrogen-bond acceptors (Lipinski definition) is 4. The van der Waals surface area contributed by atoms with Crippen LogP contribution in [0.5, 0.6) is 0 Å². The topological polar surface area (TPSA) is 71.0 Å². The number of hydrogen-bond donors (Lipinski definition) is 1. The third-order valence-electron chi connectivity index (χ3n) is 1.91. The van der Waals surface area contributed by atoms with Crippen LogP contribution in [0.25, 0.3) is 0 Å². The van der Waals surface area contributed by atoms with Crippen LogP contribution in [-0.4, -0.2) is 35.2 Å². The van der Waals surface area contributed by atoms with Crippen LogP contribution in [0.1, 0.15) is 20.3 Å². The second kappa shape index (κ2) is 5.53. The van der Waals surface area contributed by atoms with Gasteiger partial charge in [-0.1, -0.05) is 6.92 Å². The predicted octanol–water partition coefficient (Wildman–Crippen LogP) is 0.497. The zero-order valence-corrected chi connectivity index (χ0v) is 8.12. The van der Waals surface area contributed by atoms with Gasteiger partial charge in [-0.25, -0.2) is 0 Å². The van der Waals surface area contributed by atoms with Gasteiger partial charge < -0.3 is 5.11 Å². The molecule has 0 aliphatic heterocycles. The molecule has 0 amide bonds. The average Bonchev–Trinajstić information content (AvgIpc) is 2.05. The van der Waals surface area contributed by atoms with Gasteiger partial charge in [0.05, 0.1) is 30.8 Å². The Morgan fingerprint density at radius 3 is 2.08 bits per heavy atom. The van der Waals surface area contributed by atoms with Crippen molar-refractivity contribution in [2.75, 3.05) is 19.6 Å². The molecule has 0 rings (SSSR count). The molecule has 0 saturated carbocycles. The van der Waals surface area contributed by atoms with Crippen LogP contribution in [0.15, 0.2) is 0 Å². The van der Waals surface area contributed by atoms with E-state index in [4.69, 9.17) is 10.5 Å². The third kappa shape index (κ3) is 5.19. The molecule has 0 heterocycles. The molecule has 4 heteroatoms. The van der Waals surface area contributed by atoms with Crippen molar-refractivity contribution in [3.8, 4) is 12.1 Å². The molecule has 72 valence electrons. The summed E-state index contributed by atoms with van der Waals surface area (Å²) in [6.07, 6.45) is 0.611. The summed E-state index contributed by atoms with van der Waals surface area (Å²) in [5, 5.41) is 26.6. The Morgan fingerprint density at radius 2 is 1.77 bits per heavy atom. The summed E-state index contributed by atoms with van der Waals surface area (Å²) in [5.74, 6) is 0. The SMILES string of the molecule is CCC(C)(O)CN(CC#N)CC#N. The summed E-state index contributed by atoms with van der Waals surface area (Å²) in [4.78, 5) is 1.63. The Bertz CT molecular complexity index is 208. The summed E-state index contributed by atoms with van der Waals surface area (Å²) in [6.45, 7) is 4.31. The maximum absolute atomic E-state index is 9.69. The highest BCUT2D eigenvalue weighted by molar-refractivity contribution is 4.87. The Labute approximate surface area is 79.0 Å². The molecule has 0 aliphatic carbocycles. The molecular formula is C9H15N3O. The van der Waals surface area contributed by atoms with E-state index in [1.165, 1.54) is 0 Å². The minimum Gasteiger partial charge on any atom is -0.389 e. The van der Waals surface area contributed by atoms with E-state index in [0.717, 1.165) is 0 Å². The van der Waals surface area contributed by atoms with Crippen LogP contribution in [-0.2, 0) is 0 Å². The molecule has 0 fully saturated rings. The molecule has 1 N–H and O–H groups in total. The van der Waals surface area contributed by atoms with Crippen molar-refractivity contribution in [1.29, 1.82) is 10.5 Å². The lowest BCUT2D eigenvalue weighted by atomic mass is 10.0. The van der Waals surface area contributed by atoms with Crippen molar-refractivity contribution in [2.45, 2.75) is 25.9 Å². The van der Waals surface area contributed by atoms with Crippen LogP contribution in [0.4, 0.5) is 0 Å². The van der Waals surface area contributed by atoms with E-state index in [2.05, 4.69) is 0 Å². The summed E-state index contributed by atoms with van der Waals surface area (Å²) in [6, 6.07) is 3.93. The fraction of sp³-hybridized carbons (Fsp3) is 0.778. The molecule has 0 radical (unpaired) electrons. The molecular weight excluding hydrogens is 166 g/mol. The quantitative estimate of drug-likeness (QED) is 0.627. The molecule has 4 nitrogen and oxygen atoms in total. The van der Waals surface area contributed by atoms with Gasteiger partial charge in [0, 0.05) is 6.54 Å². The molecule has 13 heavy (non-hydrogen) atoms. The van der Waals surface area contributed by atoms with E-state index >= 15 is 0 Å². The van der Waals surface area contributed by atoms with Crippen LogP contribution in [0, 0.1) is 22.7 Å². The number of rotatable bonds is 5. The fourth-order valence-corrected chi connectivity index (χ4v) is 0.961. The lowest BCUT2D eigenvalue weighted by Gasteiger charge is -2.27. The van der Waals surface area contributed by atoms with Gasteiger partial charge in [0.15, 0.2) is 0 Å². The van der Waals surface area contributed by atoms with E-state index in [-0.39, 0.29) is 13.1 Å². The lowest BCUT2D eigenvalue weighted by molar-refractivity contribution is 0.0235. The molecule has 0 aromatic rings. The van der Waals surface area contributed by atoms with Gasteiger partial charge in [0.1, 0.15) is 0 Å². The van der Waals surface area contributed by atoms with Gasteiger partial charge in [-0.05, 0) is 13.3 Å². The molecule has 0 bridgehead atoms. The van der Waals surface area contributed by atoms with Crippen molar-refractivity contribution in [2.24, 2.45) is 0 Å². The molecule has 0 spiro atoms. The van der Waals surface area contributed by atoms with Crippen molar-refractivity contribution in [1.82, 2.24) is 4.90 Å². The molecule has 0 aromatic carbocycles. The molecule has 1 atom stereocenters. The van der Waals surface area contributed by atoms with Crippen LogP contribution in [0.2, 0.25) is 0 Å². The first-order chi connectivity index (χ1) is 6.05. The van der Waals surface area contributed by atoms with Crippen LogP contribution < -0.4 is 0 Å². The highest BCUT2D eigenvalue weighted by atomic mass is 16.3. The maximum atomic E-state index is 9.69. The van der Waals surface area contributed by atoms with Crippen molar-refractivity contribution >= 4 is 0 Å². The van der Waals surface area contributed by atoms with E-state index in [0.29, 0.717) is 13.0 Å². The second-order valence-corrected chi connectivity index (χ2v) is 3.31. The van der Waals surface area contributed by atoms with Crippen molar-refractivity contribution < 1.29 is 5.11 Å². The first kappa shape index (κ1) is 11.9. The van der Waals surface area contributed by atoms with E-state index in [9.17, 15) is 5.11 Å². The van der Waals surface area contributed by atoms with Crippen molar-refractivity contribution in [3.63, 3.8) is 0 Å². The van der Waals surface area contributed by atoms with Crippen LogP contribution >= 0.6 is 0 Å². The third-order valence-corrected chi connectivity index (χ3v) is 1.91. The van der Waals surface area contributed by atoms with E-state index in [1.54, 1.807) is 11.8 Å². The first-order valence-corrected chi connectivity index (χ1v) is 4.24. The fourth-order valence-electron chi connectivity index (χ4n) is 0.961. The second-order valence-electron chi connectivity index (χ2n) is 3.31. The number of nitriles is 2. The predicted molar refractivity (Wildman–Crippen MR) is 48.6 cm³/mol. The highest BCUT2D eigenvalue weighted by Crippen LogP contribution is 2.10. The maximum Gasteiger partial charge on any atom is 0.0875 e. The van der Waals surface area contributed by atoms with Gasteiger partial charge in [-0.3, -0.25) is 4.90 Å². The minimum absolute atomic E-state index is 0.184. The molecule has 0 aliphatic rings. The van der Waals surface area contributed by atoms with Crippen LogP contribution in [0.3, 0.4) is 0 Å². The molecule has 0 aromatic heterocycles. The number of nitrogens with zero attached hydrogens (tertiary/aromatic N) is 3. The molecule has 0 saturated heterocycles. The zero-order valence-electron chi connectivity index (χ0n) is 8.12. The largest absolute Gasteiger partial charge is 0.389 e. The van der Waals surface area contributed by atoms with E-state index < -0.39 is 5.60 Å². The Kier molecular flexibility index (Phi) is 5.06. The van der Waals surface area contributed by atoms with Crippen molar-refractivity contribution in [3.05, 3.63) is 0 Å². The summed E-state index contributed by atoms with van der Waals surface area (Å²) < 4.78 is 0. The lowest BCUT2D eigenvalue weighted by Crippen LogP contribution is -2.40. The Morgan fingerprint density at radius 1 is 1.31 bits per heavy atom. The van der Waals surface area contributed by atoms with Gasteiger partial charge >= 0.3 is 0 Å². The normalized spacial score (nSPS) is 14.6. The Hall–Kier alpha value is -1.10. The van der Waals surface area contributed by atoms with E-state index in [1.807, 2.05) is 19.1 Å². The monoisotopic (exact) mass is 181 g/mol. The zero-order chi connectivity index (χ0) is 10.3. The summed E-state index contributed by atoms with van der Waals surface area (Å²) >= 11 is 0. The van der Waals surface area contributed by atoms with Gasteiger partial charge in [0.2, 0.25) is 0 Å². The number of aliphatic hydroxyl groups is 1. The smallest absolute Gasteiger partial charge is 0.0875 e. The van der Waals surface area contributed by atoms with Gasteiger partial charge in [-0.2, -0.15) is 10.5 Å². The first-order valence-electron chi connectivity index (χ1n) is 4.24. The highest BCUT2D eigenvalue weighted by Gasteiger charge is 2.21. The summed E-state index contributed by atoms with van der Waals surface area (Å²) in [7, 11) is 0. The minimum atomic E-state index is -0.812. The standard InChI is InChI=1S/C9H15N3O/c1-3-9(2,13)8-12(6-4-10)7-5-11/h13H,3,6-8H2,1-2H3. The average molecular weight is 181 g/mol. The van der Waals surface area contributed by atoms with Gasteiger partial charge in [0.25, 0.3) is 0 Å².